The van der Waals surface area contributed by atoms with Crippen LogP contribution in [-0.2, 0) is 6.54 Å². The fourth-order valence-corrected chi connectivity index (χ4v) is 3.16. The number of halogens is 2. The van der Waals surface area contributed by atoms with E-state index in [-0.39, 0.29) is 17.4 Å². The molecule has 2 aromatic heterocycles. The molecule has 11 heteroatoms. The minimum atomic E-state index is -0.961. The number of carbonyl (C=O) groups is 1. The van der Waals surface area contributed by atoms with Crippen LogP contribution in [0.4, 0.5) is 20.3 Å². The van der Waals surface area contributed by atoms with Gasteiger partial charge in [0.05, 0.1) is 6.61 Å². The number of nitrogens with two attached hydrogens (primary N) is 2. The van der Waals surface area contributed by atoms with Crippen LogP contribution in [-0.4, -0.2) is 38.6 Å². The Hall–Kier alpha value is -3.50. The fraction of sp³-hybridized carbons (Fsp3) is 0.556. The highest BCUT2D eigenvalue weighted by molar-refractivity contribution is 5.94. The lowest BCUT2D eigenvalue weighted by atomic mass is 10.1. The number of ether oxygens (including phenoxy) is 1. The zero-order chi connectivity index (χ0) is 29.3. The van der Waals surface area contributed by atoms with Crippen molar-refractivity contribution in [3.8, 4) is 6.01 Å². The van der Waals surface area contributed by atoms with Crippen molar-refractivity contribution in [2.24, 2.45) is 0 Å². The average Bonchev–Trinajstić information content (AvgIpc) is 3.25. The van der Waals surface area contributed by atoms with E-state index in [9.17, 15) is 13.6 Å². The maximum Gasteiger partial charge on any atom is 0.320 e. The van der Waals surface area contributed by atoms with E-state index in [0.717, 1.165) is 30.8 Å². The summed E-state index contributed by atoms with van der Waals surface area (Å²) in [6, 6.07) is 2.05. The summed E-state index contributed by atoms with van der Waals surface area (Å²) in [7, 11) is 0. The highest BCUT2D eigenvalue weighted by Gasteiger charge is 2.16. The second kappa shape index (κ2) is 18.7. The molecule has 0 aliphatic carbocycles. The predicted octanol–water partition coefficient (Wildman–Crippen LogP) is 6.05. The van der Waals surface area contributed by atoms with Gasteiger partial charge in [0.1, 0.15) is 23.1 Å². The first kappa shape index (κ1) is 34.5. The Morgan fingerprint density at radius 1 is 0.974 bits per heavy atom. The van der Waals surface area contributed by atoms with Crippen molar-refractivity contribution in [3.63, 3.8) is 0 Å². The van der Waals surface area contributed by atoms with Crippen molar-refractivity contribution < 1.29 is 18.3 Å². The molecule has 0 atom stereocenters. The summed E-state index contributed by atoms with van der Waals surface area (Å²) in [6.45, 7) is 17.4. The SMILES string of the molecule is CC.CC.CC.CCCCOc1nc(N)c2nc(C)n(CCCCNC(=O)c3cc(F)c(N)c(F)c3)c2n1. The third kappa shape index (κ3) is 9.75. The number of aromatic nitrogens is 4. The monoisotopic (exact) mass is 537 g/mol. The van der Waals surface area contributed by atoms with Crippen LogP contribution < -0.4 is 21.5 Å². The smallest absolute Gasteiger partial charge is 0.320 e. The van der Waals surface area contributed by atoms with Crippen molar-refractivity contribution in [1.29, 1.82) is 0 Å². The minimum Gasteiger partial charge on any atom is -0.463 e. The van der Waals surface area contributed by atoms with Crippen LogP contribution in [0.2, 0.25) is 0 Å². The summed E-state index contributed by atoms with van der Waals surface area (Å²) >= 11 is 0. The van der Waals surface area contributed by atoms with Crippen LogP contribution in [0.5, 0.6) is 6.01 Å². The Balaban J connectivity index is 0.00000213. The molecule has 5 N–H and O–H groups in total. The van der Waals surface area contributed by atoms with Gasteiger partial charge < -0.3 is 26.1 Å². The summed E-state index contributed by atoms with van der Waals surface area (Å²) in [4.78, 5) is 25.2. The Kier molecular flexibility index (Phi) is 17.0. The molecule has 3 rings (SSSR count). The number of amides is 1. The third-order valence-corrected chi connectivity index (χ3v) is 4.96. The normalized spacial score (nSPS) is 9.84. The van der Waals surface area contributed by atoms with Gasteiger partial charge in [0.2, 0.25) is 0 Å². The Morgan fingerprint density at radius 3 is 2.16 bits per heavy atom. The molecule has 0 unspecified atom stereocenters. The van der Waals surface area contributed by atoms with E-state index in [4.69, 9.17) is 16.2 Å². The van der Waals surface area contributed by atoms with Gasteiger partial charge in [-0.25, -0.2) is 13.8 Å². The number of nitrogens with zero attached hydrogens (tertiary/aromatic N) is 4. The third-order valence-electron chi connectivity index (χ3n) is 4.96. The maximum atomic E-state index is 13.5. The van der Waals surface area contributed by atoms with E-state index in [0.29, 0.717) is 43.7 Å². The molecule has 3 aromatic rings. The molecule has 0 bridgehead atoms. The number of fused-ring (bicyclic) bond motifs is 1. The van der Waals surface area contributed by atoms with E-state index in [2.05, 4.69) is 27.2 Å². The molecular formula is C27H45F2N7O2. The molecular weight excluding hydrogens is 492 g/mol. The standard InChI is InChI=1S/C21H27F2N7O2.3C2H6/c1-3-4-9-32-21-28-18(25)17-19(29-21)30(12(2)27-17)8-6-5-7-26-20(31)13-10-14(22)16(24)15(23)11-13;3*1-2/h10-11H,3-9,24H2,1-2H3,(H,26,31)(H2,25,28,29);3*1-2H3. The van der Waals surface area contributed by atoms with Gasteiger partial charge >= 0.3 is 6.01 Å². The minimum absolute atomic E-state index is 0.117. The molecule has 38 heavy (non-hydrogen) atoms. The van der Waals surface area contributed by atoms with Crippen LogP contribution in [0.1, 0.15) is 90.3 Å². The second-order valence-electron chi connectivity index (χ2n) is 7.39. The number of rotatable bonds is 10. The van der Waals surface area contributed by atoms with Gasteiger partial charge in [0.25, 0.3) is 5.91 Å². The number of hydrogen-bond acceptors (Lipinski definition) is 7. The quantitative estimate of drug-likeness (QED) is 0.212. The first-order chi connectivity index (χ1) is 18.3. The Morgan fingerprint density at radius 2 is 1.58 bits per heavy atom. The number of nitrogen functional groups attached to an aromatic ring is 2. The average molecular weight is 538 g/mol. The molecule has 0 saturated heterocycles. The molecule has 9 nitrogen and oxygen atoms in total. The van der Waals surface area contributed by atoms with Crippen LogP contribution in [0.25, 0.3) is 11.2 Å². The molecule has 1 aromatic carbocycles. The summed E-state index contributed by atoms with van der Waals surface area (Å²) < 4.78 is 34.6. The summed E-state index contributed by atoms with van der Waals surface area (Å²) in [5.41, 5.74) is 11.6. The van der Waals surface area contributed by atoms with E-state index >= 15 is 0 Å². The number of carbonyl (C=O) groups excluding carboxylic acids is 1. The van der Waals surface area contributed by atoms with Gasteiger partial charge in [-0.05, 0) is 38.3 Å². The number of hydrogen-bond donors (Lipinski definition) is 3. The lowest BCUT2D eigenvalue weighted by molar-refractivity contribution is 0.0952. The topological polar surface area (TPSA) is 134 Å². The molecule has 214 valence electrons. The number of imidazole rings is 1. The molecule has 0 fully saturated rings. The lowest BCUT2D eigenvalue weighted by Gasteiger charge is -2.09. The zero-order valence-electron chi connectivity index (χ0n) is 24.1. The number of benzene rings is 1. The van der Waals surface area contributed by atoms with Crippen LogP contribution >= 0.6 is 0 Å². The highest BCUT2D eigenvalue weighted by Crippen LogP contribution is 2.22. The Labute approximate surface area is 225 Å². The van der Waals surface area contributed by atoms with Gasteiger partial charge in [-0.2, -0.15) is 9.97 Å². The van der Waals surface area contributed by atoms with Gasteiger partial charge in [0, 0.05) is 18.7 Å². The maximum absolute atomic E-state index is 13.5. The molecule has 2 heterocycles. The van der Waals surface area contributed by atoms with Gasteiger partial charge in [0.15, 0.2) is 17.0 Å². The first-order valence-electron chi connectivity index (χ1n) is 13.5. The fourth-order valence-electron chi connectivity index (χ4n) is 3.16. The van der Waals surface area contributed by atoms with Crippen molar-refractivity contribution in [2.75, 3.05) is 24.6 Å². The summed E-state index contributed by atoms with van der Waals surface area (Å²) in [5, 5.41) is 2.65. The van der Waals surface area contributed by atoms with Gasteiger partial charge in [-0.3, -0.25) is 4.79 Å². The van der Waals surface area contributed by atoms with E-state index < -0.39 is 23.2 Å². The molecule has 0 saturated carbocycles. The van der Waals surface area contributed by atoms with Crippen molar-refractivity contribution in [1.82, 2.24) is 24.8 Å². The first-order valence-corrected chi connectivity index (χ1v) is 13.5. The number of anilines is 2. The summed E-state index contributed by atoms with van der Waals surface area (Å²) in [5.74, 6) is -1.49. The van der Waals surface area contributed by atoms with Crippen molar-refractivity contribution in [3.05, 3.63) is 35.2 Å². The largest absolute Gasteiger partial charge is 0.463 e. The Bertz CT molecular complexity index is 1100. The lowest BCUT2D eigenvalue weighted by Crippen LogP contribution is -2.25. The van der Waals surface area contributed by atoms with E-state index in [1.165, 1.54) is 0 Å². The molecule has 0 aliphatic heterocycles. The second-order valence-corrected chi connectivity index (χ2v) is 7.39. The number of unbranched alkanes of at least 4 members (excludes halogenated alkanes) is 2. The molecule has 1 amide bonds. The van der Waals surface area contributed by atoms with Crippen LogP contribution in [0.3, 0.4) is 0 Å². The van der Waals surface area contributed by atoms with Gasteiger partial charge in [-0.1, -0.05) is 54.9 Å². The van der Waals surface area contributed by atoms with Crippen molar-refractivity contribution in [2.45, 2.75) is 87.6 Å². The van der Waals surface area contributed by atoms with Crippen LogP contribution in [0.15, 0.2) is 12.1 Å². The highest BCUT2D eigenvalue weighted by atomic mass is 19.1. The van der Waals surface area contributed by atoms with Crippen LogP contribution in [0, 0.1) is 18.6 Å². The number of nitrogens with one attached hydrogen (secondary N) is 1. The van der Waals surface area contributed by atoms with Gasteiger partial charge in [-0.15, -0.1) is 0 Å². The summed E-state index contributed by atoms with van der Waals surface area (Å²) in [6.07, 6.45) is 3.21. The molecule has 0 radical (unpaired) electrons. The van der Waals surface area contributed by atoms with Crippen molar-refractivity contribution >= 4 is 28.6 Å². The van der Waals surface area contributed by atoms with E-state index in [1.807, 2.05) is 53.0 Å². The molecule has 0 spiro atoms. The number of aryl methyl sites for hydroxylation is 2. The predicted molar refractivity (Wildman–Crippen MR) is 151 cm³/mol. The van der Waals surface area contributed by atoms with E-state index in [1.54, 1.807) is 0 Å². The molecule has 0 aliphatic rings. The zero-order valence-corrected chi connectivity index (χ0v) is 24.1.